The highest BCUT2D eigenvalue weighted by molar-refractivity contribution is 7.23. The maximum atomic E-state index is 6.21. The van der Waals surface area contributed by atoms with E-state index in [4.69, 9.17) is 29.7 Å². The molecule has 0 unspecified atom stereocenters. The minimum atomic E-state index is 0.417. The van der Waals surface area contributed by atoms with Crippen molar-refractivity contribution in [3.63, 3.8) is 0 Å². The first-order valence-electron chi connectivity index (χ1n) is 9.50. The topological polar surface area (TPSA) is 101 Å². The van der Waals surface area contributed by atoms with Crippen LogP contribution in [0.2, 0.25) is 0 Å². The Morgan fingerprint density at radius 2 is 1.56 bits per heavy atom. The Balaban J connectivity index is 1.59. The number of ether oxygens (including phenoxy) is 4. The number of nitrogens with two attached hydrogens (primary N) is 1. The van der Waals surface area contributed by atoms with Gasteiger partial charge in [0.25, 0.3) is 0 Å². The second kappa shape index (κ2) is 9.33. The fraction of sp³-hybridized carbons (Fsp3) is 0.182. The van der Waals surface area contributed by atoms with Gasteiger partial charge in [0.05, 0.1) is 34.1 Å². The Morgan fingerprint density at radius 3 is 2.16 bits per heavy atom. The van der Waals surface area contributed by atoms with Crippen LogP contribution in [0.15, 0.2) is 41.8 Å². The number of hydrogen-bond donors (Lipinski definition) is 2. The summed E-state index contributed by atoms with van der Waals surface area (Å²) in [5.74, 6) is 2.83. The van der Waals surface area contributed by atoms with Crippen molar-refractivity contribution in [3.8, 4) is 44.1 Å². The number of nitrogens with zero attached hydrogens (tertiary/aromatic N) is 2. The molecule has 0 bridgehead atoms. The number of nitrogens with one attached hydrogen (secondary N) is 1. The van der Waals surface area contributed by atoms with Crippen LogP contribution in [-0.4, -0.2) is 38.4 Å². The SMILES string of the molecule is COc1ccc(-c2csc(-c3sc(Nc4cc(OC)c(OC)c(OC)c4)nc3N)n2)cc1. The molecule has 0 fully saturated rings. The van der Waals surface area contributed by atoms with E-state index in [1.807, 2.05) is 41.8 Å². The van der Waals surface area contributed by atoms with E-state index < -0.39 is 0 Å². The van der Waals surface area contributed by atoms with Crippen molar-refractivity contribution in [1.29, 1.82) is 0 Å². The molecule has 0 amide bonds. The Morgan fingerprint density at radius 1 is 0.875 bits per heavy atom. The number of nitrogen functional groups attached to an aromatic ring is 1. The number of anilines is 3. The predicted octanol–water partition coefficient (Wildman–Crippen LogP) is 5.29. The number of aromatic nitrogens is 2. The highest BCUT2D eigenvalue weighted by Crippen LogP contribution is 2.43. The number of thiazole rings is 2. The Labute approximate surface area is 193 Å². The molecule has 4 aromatic rings. The van der Waals surface area contributed by atoms with Crippen LogP contribution >= 0.6 is 22.7 Å². The van der Waals surface area contributed by atoms with Gasteiger partial charge in [0.15, 0.2) is 16.6 Å². The highest BCUT2D eigenvalue weighted by atomic mass is 32.1. The lowest BCUT2D eigenvalue weighted by molar-refractivity contribution is 0.324. The van der Waals surface area contributed by atoms with Gasteiger partial charge in [-0.05, 0) is 24.3 Å². The van der Waals surface area contributed by atoms with E-state index in [9.17, 15) is 0 Å². The molecule has 32 heavy (non-hydrogen) atoms. The van der Waals surface area contributed by atoms with Gasteiger partial charge in [0, 0.05) is 28.8 Å². The molecule has 2 aromatic carbocycles. The minimum Gasteiger partial charge on any atom is -0.497 e. The van der Waals surface area contributed by atoms with Crippen molar-refractivity contribution >= 4 is 39.3 Å². The largest absolute Gasteiger partial charge is 0.497 e. The quantitative estimate of drug-likeness (QED) is 0.358. The number of benzene rings is 2. The van der Waals surface area contributed by atoms with E-state index >= 15 is 0 Å². The third-order valence-electron chi connectivity index (χ3n) is 4.65. The van der Waals surface area contributed by atoms with Gasteiger partial charge < -0.3 is 30.0 Å². The van der Waals surface area contributed by atoms with Crippen molar-refractivity contribution in [2.24, 2.45) is 0 Å². The third-order valence-corrected chi connectivity index (χ3v) is 6.64. The minimum absolute atomic E-state index is 0.417. The Bertz CT molecular complexity index is 1200. The summed E-state index contributed by atoms with van der Waals surface area (Å²) in [6.45, 7) is 0. The maximum absolute atomic E-state index is 6.21. The molecule has 0 spiro atoms. The average Bonchev–Trinajstić information content (AvgIpc) is 3.45. The molecule has 2 heterocycles. The van der Waals surface area contributed by atoms with Crippen LogP contribution in [0.4, 0.5) is 16.6 Å². The first-order valence-corrected chi connectivity index (χ1v) is 11.2. The van der Waals surface area contributed by atoms with E-state index in [0.29, 0.717) is 28.2 Å². The van der Waals surface area contributed by atoms with Gasteiger partial charge in [-0.3, -0.25) is 0 Å². The predicted molar refractivity (Wildman–Crippen MR) is 129 cm³/mol. The lowest BCUT2D eigenvalue weighted by atomic mass is 10.2. The molecule has 10 heteroatoms. The summed E-state index contributed by atoms with van der Waals surface area (Å²) >= 11 is 2.95. The molecular formula is C22H22N4O4S2. The van der Waals surface area contributed by atoms with Crippen molar-refractivity contribution in [3.05, 3.63) is 41.8 Å². The molecule has 0 saturated heterocycles. The Kier molecular flexibility index (Phi) is 6.33. The van der Waals surface area contributed by atoms with Gasteiger partial charge in [0.2, 0.25) is 5.75 Å². The maximum Gasteiger partial charge on any atom is 0.203 e. The molecule has 0 aliphatic heterocycles. The van der Waals surface area contributed by atoms with Gasteiger partial charge in [-0.1, -0.05) is 11.3 Å². The van der Waals surface area contributed by atoms with Crippen LogP contribution in [0.5, 0.6) is 23.0 Å². The molecule has 166 valence electrons. The monoisotopic (exact) mass is 470 g/mol. The zero-order chi connectivity index (χ0) is 22.7. The van der Waals surface area contributed by atoms with Gasteiger partial charge in [0.1, 0.15) is 21.5 Å². The van der Waals surface area contributed by atoms with Gasteiger partial charge in [-0.25, -0.2) is 9.97 Å². The molecule has 4 rings (SSSR count). The van der Waals surface area contributed by atoms with E-state index in [1.165, 1.54) is 22.7 Å². The Hall–Kier alpha value is -3.50. The average molecular weight is 471 g/mol. The van der Waals surface area contributed by atoms with Crippen molar-refractivity contribution in [2.45, 2.75) is 0 Å². The molecule has 8 nitrogen and oxygen atoms in total. The molecular weight excluding hydrogens is 448 g/mol. The zero-order valence-corrected chi connectivity index (χ0v) is 19.6. The summed E-state index contributed by atoms with van der Waals surface area (Å²) in [5.41, 5.74) is 8.83. The summed E-state index contributed by atoms with van der Waals surface area (Å²) in [4.78, 5) is 10.0. The smallest absolute Gasteiger partial charge is 0.203 e. The fourth-order valence-electron chi connectivity index (χ4n) is 3.09. The van der Waals surface area contributed by atoms with Crippen LogP contribution in [0.3, 0.4) is 0 Å². The molecule has 2 aromatic heterocycles. The van der Waals surface area contributed by atoms with Crippen LogP contribution in [0.25, 0.3) is 21.1 Å². The van der Waals surface area contributed by atoms with Crippen molar-refractivity contribution in [2.75, 3.05) is 39.5 Å². The molecule has 0 radical (unpaired) electrons. The first kappa shape index (κ1) is 21.7. The van der Waals surface area contributed by atoms with Gasteiger partial charge in [-0.15, -0.1) is 11.3 Å². The highest BCUT2D eigenvalue weighted by Gasteiger charge is 2.17. The van der Waals surface area contributed by atoms with Crippen LogP contribution in [0.1, 0.15) is 0 Å². The normalized spacial score (nSPS) is 10.6. The van der Waals surface area contributed by atoms with Crippen LogP contribution in [-0.2, 0) is 0 Å². The van der Waals surface area contributed by atoms with Crippen molar-refractivity contribution < 1.29 is 18.9 Å². The number of methoxy groups -OCH3 is 4. The second-order valence-corrected chi connectivity index (χ2v) is 8.40. The van der Waals surface area contributed by atoms with Gasteiger partial charge in [-0.2, -0.15) is 0 Å². The molecule has 0 saturated carbocycles. The van der Waals surface area contributed by atoms with Gasteiger partial charge >= 0.3 is 0 Å². The van der Waals surface area contributed by atoms with Crippen LogP contribution < -0.4 is 30.0 Å². The van der Waals surface area contributed by atoms with Crippen molar-refractivity contribution in [1.82, 2.24) is 9.97 Å². The van der Waals surface area contributed by atoms with E-state index in [1.54, 1.807) is 28.4 Å². The first-order chi connectivity index (χ1) is 15.6. The summed E-state index contributed by atoms with van der Waals surface area (Å²) < 4.78 is 21.4. The summed E-state index contributed by atoms with van der Waals surface area (Å²) in [5, 5.41) is 6.71. The zero-order valence-electron chi connectivity index (χ0n) is 18.0. The summed E-state index contributed by atoms with van der Waals surface area (Å²) in [6.07, 6.45) is 0. The molecule has 0 aliphatic rings. The van der Waals surface area contributed by atoms with Crippen LogP contribution in [0, 0.1) is 0 Å². The summed E-state index contributed by atoms with van der Waals surface area (Å²) in [7, 11) is 6.36. The molecule has 0 atom stereocenters. The lowest BCUT2D eigenvalue weighted by Gasteiger charge is -2.14. The molecule has 3 N–H and O–H groups in total. The fourth-order valence-corrected chi connectivity index (χ4v) is 4.92. The van der Waals surface area contributed by atoms with E-state index in [0.717, 1.165) is 32.6 Å². The second-order valence-electron chi connectivity index (χ2n) is 6.54. The third kappa shape index (κ3) is 4.27. The number of hydrogen-bond acceptors (Lipinski definition) is 10. The summed E-state index contributed by atoms with van der Waals surface area (Å²) in [6, 6.07) is 11.4. The van der Waals surface area contributed by atoms with E-state index in [2.05, 4.69) is 10.3 Å². The molecule has 0 aliphatic carbocycles. The standard InChI is InChI=1S/C22H22N4O4S2/c1-27-14-7-5-12(6-8-14)15-11-31-21(25-15)19-20(23)26-22(32-19)24-13-9-16(28-2)18(30-4)17(10-13)29-3/h5-11H,23H2,1-4H3,(H,24,26). The van der Waals surface area contributed by atoms with E-state index in [-0.39, 0.29) is 0 Å². The lowest BCUT2D eigenvalue weighted by Crippen LogP contribution is -1.97. The number of rotatable bonds is 8.